The van der Waals surface area contributed by atoms with Crippen molar-refractivity contribution in [2.75, 3.05) is 6.61 Å². The van der Waals surface area contributed by atoms with Gasteiger partial charge >= 0.3 is 0 Å². The zero-order valence-electron chi connectivity index (χ0n) is 42.4. The van der Waals surface area contributed by atoms with Crippen LogP contribution in [0.25, 0.3) is 0 Å². The van der Waals surface area contributed by atoms with E-state index in [9.17, 15) is 15.0 Å². The highest BCUT2D eigenvalue weighted by Crippen LogP contribution is 2.18. The third-order valence-electron chi connectivity index (χ3n) is 13.5. The molecular formula is C58H113NO3. The van der Waals surface area contributed by atoms with E-state index in [2.05, 4.69) is 43.5 Å². The fraction of sp³-hybridized carbons (Fsp3) is 0.914. The SMILES string of the molecule is CCCCCCCCCCC/C=C\C/C=C\CCCCCCCCCCCCCCCCCC(=O)NC(CO)C(O)CCCCCCCCCCCCCCCCCCCCC. The lowest BCUT2D eigenvalue weighted by Crippen LogP contribution is -2.45. The van der Waals surface area contributed by atoms with E-state index in [4.69, 9.17) is 0 Å². The van der Waals surface area contributed by atoms with Gasteiger partial charge in [-0.1, -0.05) is 295 Å². The summed E-state index contributed by atoms with van der Waals surface area (Å²) in [5, 5.41) is 23.3. The lowest BCUT2D eigenvalue weighted by Gasteiger charge is -2.22. The van der Waals surface area contributed by atoms with Crippen molar-refractivity contribution < 1.29 is 15.0 Å². The van der Waals surface area contributed by atoms with Crippen LogP contribution in [0, 0.1) is 0 Å². The molecule has 0 aliphatic heterocycles. The molecule has 0 radical (unpaired) electrons. The zero-order chi connectivity index (χ0) is 44.9. The number of allylic oxidation sites excluding steroid dienone is 4. The van der Waals surface area contributed by atoms with Gasteiger partial charge in [0.2, 0.25) is 5.91 Å². The van der Waals surface area contributed by atoms with Crippen molar-refractivity contribution in [3.05, 3.63) is 24.3 Å². The van der Waals surface area contributed by atoms with Crippen LogP contribution < -0.4 is 5.32 Å². The second-order valence-corrected chi connectivity index (χ2v) is 19.7. The first kappa shape index (κ1) is 60.9. The molecule has 62 heavy (non-hydrogen) atoms. The van der Waals surface area contributed by atoms with E-state index in [1.807, 2.05) is 0 Å². The average Bonchev–Trinajstić information content (AvgIpc) is 3.28. The Morgan fingerprint density at radius 3 is 0.968 bits per heavy atom. The van der Waals surface area contributed by atoms with E-state index in [0.29, 0.717) is 12.8 Å². The van der Waals surface area contributed by atoms with Crippen molar-refractivity contribution in [1.29, 1.82) is 0 Å². The molecule has 0 aromatic heterocycles. The predicted octanol–water partition coefficient (Wildman–Crippen LogP) is 18.7. The van der Waals surface area contributed by atoms with Crippen molar-refractivity contribution in [1.82, 2.24) is 5.32 Å². The van der Waals surface area contributed by atoms with Gasteiger partial charge in [0.25, 0.3) is 0 Å². The highest BCUT2D eigenvalue weighted by atomic mass is 16.3. The third-order valence-corrected chi connectivity index (χ3v) is 13.5. The predicted molar refractivity (Wildman–Crippen MR) is 276 cm³/mol. The second kappa shape index (κ2) is 54.2. The maximum atomic E-state index is 12.5. The van der Waals surface area contributed by atoms with E-state index in [0.717, 1.165) is 32.1 Å². The number of carbonyl (C=O) groups is 1. The van der Waals surface area contributed by atoms with Gasteiger partial charge < -0.3 is 15.5 Å². The summed E-state index contributed by atoms with van der Waals surface area (Å²) < 4.78 is 0. The van der Waals surface area contributed by atoms with Crippen LogP contribution in [-0.2, 0) is 4.79 Å². The summed E-state index contributed by atoms with van der Waals surface area (Å²) in [4.78, 5) is 12.5. The fourth-order valence-corrected chi connectivity index (χ4v) is 9.10. The molecule has 0 aromatic carbocycles. The Balaban J connectivity index is 3.43. The fourth-order valence-electron chi connectivity index (χ4n) is 9.10. The quantitative estimate of drug-likeness (QED) is 0.0421. The Bertz CT molecular complexity index is 901. The summed E-state index contributed by atoms with van der Waals surface area (Å²) in [6.45, 7) is 4.39. The molecule has 2 atom stereocenters. The number of unbranched alkanes of at least 4 members (excludes halogenated alkanes) is 42. The Morgan fingerprint density at radius 1 is 0.387 bits per heavy atom. The van der Waals surface area contributed by atoms with Crippen LogP contribution in [0.5, 0.6) is 0 Å². The van der Waals surface area contributed by atoms with Gasteiger partial charge in [-0.05, 0) is 44.9 Å². The maximum absolute atomic E-state index is 12.5. The summed E-state index contributed by atoms with van der Waals surface area (Å²) in [6.07, 6.45) is 71.7. The van der Waals surface area contributed by atoms with E-state index < -0.39 is 12.1 Å². The molecule has 0 bridgehead atoms. The number of aliphatic hydroxyl groups excluding tert-OH is 2. The van der Waals surface area contributed by atoms with Gasteiger partial charge in [-0.25, -0.2) is 0 Å². The molecular weight excluding hydrogens is 759 g/mol. The summed E-state index contributed by atoms with van der Waals surface area (Å²) in [7, 11) is 0. The minimum atomic E-state index is -0.658. The van der Waals surface area contributed by atoms with Gasteiger partial charge in [-0.3, -0.25) is 4.79 Å². The Labute approximate surface area is 389 Å². The highest BCUT2D eigenvalue weighted by Gasteiger charge is 2.20. The Hall–Kier alpha value is -1.13. The van der Waals surface area contributed by atoms with E-state index in [1.165, 1.54) is 263 Å². The molecule has 0 spiro atoms. The van der Waals surface area contributed by atoms with Crippen LogP contribution in [0.1, 0.15) is 322 Å². The van der Waals surface area contributed by atoms with Crippen LogP contribution >= 0.6 is 0 Å². The highest BCUT2D eigenvalue weighted by molar-refractivity contribution is 5.76. The topological polar surface area (TPSA) is 69.6 Å². The molecule has 4 nitrogen and oxygen atoms in total. The number of aliphatic hydroxyl groups is 2. The molecule has 3 N–H and O–H groups in total. The van der Waals surface area contributed by atoms with Gasteiger partial charge in [0.1, 0.15) is 0 Å². The van der Waals surface area contributed by atoms with Gasteiger partial charge in [-0.2, -0.15) is 0 Å². The lowest BCUT2D eigenvalue weighted by atomic mass is 10.0. The molecule has 0 aromatic rings. The molecule has 2 unspecified atom stereocenters. The number of hydrogen-bond donors (Lipinski definition) is 3. The molecule has 1 amide bonds. The van der Waals surface area contributed by atoms with Crippen molar-refractivity contribution in [3.63, 3.8) is 0 Å². The molecule has 4 heteroatoms. The molecule has 0 saturated heterocycles. The normalized spacial score (nSPS) is 12.9. The molecule has 0 aliphatic rings. The minimum Gasteiger partial charge on any atom is -0.394 e. The standard InChI is InChI=1S/C58H113NO3/c1-3-5-7-9-11-13-15-17-19-21-23-24-25-26-27-28-29-30-31-32-33-34-36-38-40-42-44-46-48-50-52-54-58(62)59-56(55-60)57(61)53-51-49-47-45-43-41-39-37-35-22-20-18-16-14-12-10-8-6-4-2/h23-24,26-27,56-57,60-61H,3-22,25,28-55H2,1-2H3,(H,59,62)/b24-23-,27-26-. The Kier molecular flexibility index (Phi) is 53.2. The third kappa shape index (κ3) is 49.9. The summed E-state index contributed by atoms with van der Waals surface area (Å²) in [5.41, 5.74) is 0. The number of nitrogens with one attached hydrogen (secondary N) is 1. The molecule has 0 fully saturated rings. The van der Waals surface area contributed by atoms with Crippen LogP contribution in [0.4, 0.5) is 0 Å². The van der Waals surface area contributed by atoms with Gasteiger partial charge in [0, 0.05) is 6.42 Å². The van der Waals surface area contributed by atoms with Crippen LogP contribution in [0.15, 0.2) is 24.3 Å². The monoisotopic (exact) mass is 872 g/mol. The smallest absolute Gasteiger partial charge is 0.220 e. The first-order valence-corrected chi connectivity index (χ1v) is 28.5. The average molecular weight is 873 g/mol. The van der Waals surface area contributed by atoms with Crippen molar-refractivity contribution in [2.24, 2.45) is 0 Å². The molecule has 0 rings (SSSR count). The lowest BCUT2D eigenvalue weighted by molar-refractivity contribution is -0.123. The van der Waals surface area contributed by atoms with E-state index in [-0.39, 0.29) is 12.5 Å². The number of carbonyl (C=O) groups excluding carboxylic acids is 1. The van der Waals surface area contributed by atoms with Crippen LogP contribution in [0.3, 0.4) is 0 Å². The van der Waals surface area contributed by atoms with Gasteiger partial charge in [-0.15, -0.1) is 0 Å². The molecule has 0 aliphatic carbocycles. The molecule has 368 valence electrons. The van der Waals surface area contributed by atoms with Crippen molar-refractivity contribution >= 4 is 5.91 Å². The summed E-state index contributed by atoms with van der Waals surface area (Å²) in [5.74, 6) is -0.0262. The summed E-state index contributed by atoms with van der Waals surface area (Å²) >= 11 is 0. The molecule has 0 heterocycles. The zero-order valence-corrected chi connectivity index (χ0v) is 42.4. The van der Waals surface area contributed by atoms with Crippen molar-refractivity contribution in [2.45, 2.75) is 334 Å². The van der Waals surface area contributed by atoms with Gasteiger partial charge in [0.15, 0.2) is 0 Å². The van der Waals surface area contributed by atoms with Crippen LogP contribution in [-0.4, -0.2) is 34.9 Å². The van der Waals surface area contributed by atoms with E-state index in [1.54, 1.807) is 0 Å². The first-order valence-electron chi connectivity index (χ1n) is 28.5. The minimum absolute atomic E-state index is 0.0262. The van der Waals surface area contributed by atoms with Crippen LogP contribution in [0.2, 0.25) is 0 Å². The first-order chi connectivity index (χ1) is 30.7. The van der Waals surface area contributed by atoms with Crippen molar-refractivity contribution in [3.8, 4) is 0 Å². The number of amides is 1. The largest absolute Gasteiger partial charge is 0.394 e. The van der Waals surface area contributed by atoms with Gasteiger partial charge in [0.05, 0.1) is 18.8 Å². The Morgan fingerprint density at radius 2 is 0.661 bits per heavy atom. The maximum Gasteiger partial charge on any atom is 0.220 e. The second-order valence-electron chi connectivity index (χ2n) is 19.7. The number of hydrogen-bond acceptors (Lipinski definition) is 3. The summed E-state index contributed by atoms with van der Waals surface area (Å²) in [6, 6.07) is -0.535. The number of rotatable bonds is 53. The molecule has 0 saturated carbocycles. The van der Waals surface area contributed by atoms with E-state index >= 15 is 0 Å².